The molecule has 0 spiro atoms. The average molecular weight is 403 g/mol. The molecule has 0 aromatic carbocycles. The van der Waals surface area contributed by atoms with Crippen LogP contribution in [0.15, 0.2) is 60.8 Å². The van der Waals surface area contributed by atoms with Crippen LogP contribution in [0.1, 0.15) is 58.3 Å². The van der Waals surface area contributed by atoms with E-state index in [1.54, 1.807) is 42.5 Å². The molecule has 5 nitrogen and oxygen atoms in total. The molecule has 0 bridgehead atoms. The van der Waals surface area contributed by atoms with Crippen molar-refractivity contribution < 1.29 is 24.5 Å². The summed E-state index contributed by atoms with van der Waals surface area (Å²) in [5.74, 6) is -0.324. The molecule has 1 aliphatic rings. The van der Waals surface area contributed by atoms with Crippen molar-refractivity contribution in [3.63, 3.8) is 0 Å². The number of carbonyl (C=O) groups excluding carboxylic acids is 2. The standard InChI is InChI=1S/C24H34O5/c1-20-13-7-3-2-4-8-16-22(26)19-23(27)17-11-5-9-14-21(25)15-10-6-12-18-24(28)29-20/h2,4-6,9-12,14,18,20-21,23,25,27H,3,7-8,13,15-17,19H2,1H3/b4-2+,10-6+,11-5-,14-9+,18-12+. The van der Waals surface area contributed by atoms with Crippen LogP contribution in [-0.4, -0.2) is 40.3 Å². The lowest BCUT2D eigenvalue weighted by atomic mass is 10.1. The van der Waals surface area contributed by atoms with Crippen LogP contribution in [0.4, 0.5) is 0 Å². The number of ketones is 1. The van der Waals surface area contributed by atoms with Gasteiger partial charge in [0.1, 0.15) is 5.78 Å². The topological polar surface area (TPSA) is 83.8 Å². The van der Waals surface area contributed by atoms with Gasteiger partial charge in [-0.25, -0.2) is 4.79 Å². The van der Waals surface area contributed by atoms with Gasteiger partial charge in [-0.05, 0) is 45.4 Å². The fraction of sp³-hybridized carbons (Fsp3) is 0.500. The lowest BCUT2D eigenvalue weighted by Gasteiger charge is -2.10. The summed E-state index contributed by atoms with van der Waals surface area (Å²) in [5.41, 5.74) is 0. The zero-order chi connectivity index (χ0) is 21.3. The van der Waals surface area contributed by atoms with Crippen LogP contribution >= 0.6 is 0 Å². The van der Waals surface area contributed by atoms with E-state index in [4.69, 9.17) is 4.74 Å². The molecule has 0 radical (unpaired) electrons. The number of hydrogen-bond donors (Lipinski definition) is 2. The number of Topliss-reactive ketones (excluding diaryl/α,β-unsaturated/α-hetero) is 1. The highest BCUT2D eigenvalue weighted by atomic mass is 16.5. The van der Waals surface area contributed by atoms with Crippen LogP contribution in [-0.2, 0) is 14.3 Å². The Morgan fingerprint density at radius 3 is 2.48 bits per heavy atom. The Labute approximate surface area is 174 Å². The van der Waals surface area contributed by atoms with Crippen molar-refractivity contribution in [2.45, 2.75) is 76.6 Å². The van der Waals surface area contributed by atoms with Gasteiger partial charge in [0.2, 0.25) is 0 Å². The molecule has 3 atom stereocenters. The van der Waals surface area contributed by atoms with Crippen molar-refractivity contribution in [1.29, 1.82) is 0 Å². The van der Waals surface area contributed by atoms with Crippen molar-refractivity contribution in [3.8, 4) is 0 Å². The van der Waals surface area contributed by atoms with Crippen LogP contribution in [0.3, 0.4) is 0 Å². The van der Waals surface area contributed by atoms with Gasteiger partial charge in [0, 0.05) is 18.9 Å². The number of carbonyl (C=O) groups is 2. The zero-order valence-electron chi connectivity index (χ0n) is 17.3. The van der Waals surface area contributed by atoms with Crippen LogP contribution in [0, 0.1) is 0 Å². The lowest BCUT2D eigenvalue weighted by molar-refractivity contribution is -0.142. The van der Waals surface area contributed by atoms with E-state index in [0.29, 0.717) is 25.7 Å². The summed E-state index contributed by atoms with van der Waals surface area (Å²) in [6.45, 7) is 1.87. The number of allylic oxidation sites excluding steroid dienone is 6. The van der Waals surface area contributed by atoms with E-state index in [9.17, 15) is 19.8 Å². The number of cyclic esters (lactones) is 1. The third-order valence-electron chi connectivity index (χ3n) is 4.36. The van der Waals surface area contributed by atoms with Crippen molar-refractivity contribution in [3.05, 3.63) is 60.8 Å². The van der Waals surface area contributed by atoms with E-state index in [0.717, 1.165) is 19.3 Å². The number of aliphatic hydroxyl groups excluding tert-OH is 2. The van der Waals surface area contributed by atoms with Crippen LogP contribution < -0.4 is 0 Å². The first-order valence-electron chi connectivity index (χ1n) is 10.4. The second-order valence-corrected chi connectivity index (χ2v) is 7.22. The minimum atomic E-state index is -0.675. The molecule has 2 N–H and O–H groups in total. The van der Waals surface area contributed by atoms with Gasteiger partial charge in [-0.1, -0.05) is 54.7 Å². The minimum Gasteiger partial charge on any atom is -0.460 e. The zero-order valence-corrected chi connectivity index (χ0v) is 17.3. The Balaban J connectivity index is 2.61. The smallest absolute Gasteiger partial charge is 0.331 e. The molecule has 0 amide bonds. The van der Waals surface area contributed by atoms with Crippen LogP contribution in [0.2, 0.25) is 0 Å². The van der Waals surface area contributed by atoms with E-state index >= 15 is 0 Å². The van der Waals surface area contributed by atoms with Gasteiger partial charge in [-0.2, -0.15) is 0 Å². The lowest BCUT2D eigenvalue weighted by Crippen LogP contribution is -2.12. The average Bonchev–Trinajstić information content (AvgIpc) is 2.65. The maximum Gasteiger partial charge on any atom is 0.331 e. The molecule has 0 fully saturated rings. The van der Waals surface area contributed by atoms with Crippen molar-refractivity contribution in [1.82, 2.24) is 0 Å². The van der Waals surface area contributed by atoms with Gasteiger partial charge in [0.05, 0.1) is 18.3 Å². The summed E-state index contributed by atoms with van der Waals surface area (Å²) in [6.07, 6.45) is 20.5. The summed E-state index contributed by atoms with van der Waals surface area (Å²) < 4.78 is 5.31. The fourth-order valence-electron chi connectivity index (χ4n) is 2.76. The first kappa shape index (κ1) is 24.8. The molecular weight excluding hydrogens is 368 g/mol. The predicted octanol–water partition coefficient (Wildman–Crippen LogP) is 4.12. The molecule has 0 aliphatic carbocycles. The molecule has 1 aliphatic heterocycles. The second-order valence-electron chi connectivity index (χ2n) is 7.22. The maximum absolute atomic E-state index is 11.9. The summed E-state index contributed by atoms with van der Waals surface area (Å²) in [7, 11) is 0. The fourth-order valence-corrected chi connectivity index (χ4v) is 2.76. The molecule has 160 valence electrons. The SMILES string of the molecule is CC1CCC/C=C/CCC(=O)CC(O)C/C=C\C=C\C(O)C/C=C/C=C/C(=O)O1. The van der Waals surface area contributed by atoms with Gasteiger partial charge in [0.15, 0.2) is 0 Å². The second kappa shape index (κ2) is 15.7. The predicted molar refractivity (Wildman–Crippen MR) is 115 cm³/mol. The molecule has 29 heavy (non-hydrogen) atoms. The van der Waals surface area contributed by atoms with E-state index in [2.05, 4.69) is 0 Å². The Morgan fingerprint density at radius 2 is 1.66 bits per heavy atom. The molecule has 1 heterocycles. The number of aliphatic hydroxyl groups is 2. The Hall–Kier alpha value is -2.24. The molecule has 0 saturated carbocycles. The van der Waals surface area contributed by atoms with Crippen LogP contribution in [0.5, 0.6) is 0 Å². The quantitative estimate of drug-likeness (QED) is 0.470. The molecular formula is C24H34O5. The molecule has 3 unspecified atom stereocenters. The highest BCUT2D eigenvalue weighted by molar-refractivity contribution is 5.82. The van der Waals surface area contributed by atoms with Crippen molar-refractivity contribution in [2.24, 2.45) is 0 Å². The van der Waals surface area contributed by atoms with Gasteiger partial charge >= 0.3 is 5.97 Å². The summed E-state index contributed by atoms with van der Waals surface area (Å²) >= 11 is 0. The Morgan fingerprint density at radius 1 is 0.931 bits per heavy atom. The first-order valence-corrected chi connectivity index (χ1v) is 10.4. The molecule has 0 saturated heterocycles. The van der Waals surface area contributed by atoms with E-state index in [1.807, 2.05) is 19.1 Å². The van der Waals surface area contributed by atoms with E-state index < -0.39 is 12.2 Å². The van der Waals surface area contributed by atoms with Gasteiger partial charge in [-0.15, -0.1) is 0 Å². The Bertz CT molecular complexity index is 627. The maximum atomic E-state index is 11.9. The third-order valence-corrected chi connectivity index (χ3v) is 4.36. The van der Waals surface area contributed by atoms with E-state index in [-0.39, 0.29) is 24.3 Å². The third kappa shape index (κ3) is 14.4. The number of hydrogen-bond acceptors (Lipinski definition) is 5. The minimum absolute atomic E-state index is 0.0522. The summed E-state index contributed by atoms with van der Waals surface area (Å²) in [6, 6.07) is 0. The normalized spacial score (nSPS) is 32.3. The largest absolute Gasteiger partial charge is 0.460 e. The van der Waals surface area contributed by atoms with Crippen LogP contribution in [0.25, 0.3) is 0 Å². The van der Waals surface area contributed by atoms with Gasteiger partial charge < -0.3 is 14.9 Å². The highest BCUT2D eigenvalue weighted by Gasteiger charge is 2.09. The summed E-state index contributed by atoms with van der Waals surface area (Å²) in [5, 5.41) is 19.8. The van der Waals surface area contributed by atoms with Gasteiger partial charge in [0.25, 0.3) is 0 Å². The first-order chi connectivity index (χ1) is 14.0. The van der Waals surface area contributed by atoms with Crippen molar-refractivity contribution in [2.75, 3.05) is 0 Å². The Kier molecular flexibility index (Phi) is 13.4. The van der Waals surface area contributed by atoms with E-state index in [1.165, 1.54) is 6.08 Å². The number of ether oxygens (including phenoxy) is 1. The number of esters is 1. The van der Waals surface area contributed by atoms with Gasteiger partial charge in [-0.3, -0.25) is 4.79 Å². The highest BCUT2D eigenvalue weighted by Crippen LogP contribution is 2.08. The molecule has 0 aromatic heterocycles. The molecule has 5 heteroatoms. The van der Waals surface area contributed by atoms with Crippen molar-refractivity contribution >= 4 is 11.8 Å². The molecule has 1 rings (SSSR count). The summed E-state index contributed by atoms with van der Waals surface area (Å²) in [4.78, 5) is 23.6. The molecule has 0 aromatic rings. The monoisotopic (exact) mass is 402 g/mol. The number of rotatable bonds is 0.